The smallest absolute Gasteiger partial charge is 0.408 e. The molecule has 4 rings (SSSR count). The van der Waals surface area contributed by atoms with Crippen LogP contribution in [0, 0.1) is 52.3 Å². The molecule has 1 unspecified atom stereocenters. The number of alkyl carbamates (subject to hydrolysis) is 1. The molecule has 4 aliphatic rings. The second-order valence-electron chi connectivity index (χ2n) is 16.2. The first-order valence-corrected chi connectivity index (χ1v) is 16.7. The van der Waals surface area contributed by atoms with Crippen molar-refractivity contribution in [1.82, 2.24) is 5.32 Å². The predicted octanol–water partition coefficient (Wildman–Crippen LogP) is 7.29. The van der Waals surface area contributed by atoms with Gasteiger partial charge in [-0.3, -0.25) is 14.4 Å². The van der Waals surface area contributed by atoms with Crippen LogP contribution >= 0.6 is 0 Å². The molecule has 0 heterocycles. The Morgan fingerprint density at radius 2 is 1.52 bits per heavy atom. The highest BCUT2D eigenvalue weighted by Gasteiger charge is 2.61. The van der Waals surface area contributed by atoms with E-state index >= 15 is 0 Å². The number of esters is 1. The van der Waals surface area contributed by atoms with Crippen LogP contribution in [0.1, 0.15) is 127 Å². The van der Waals surface area contributed by atoms with Gasteiger partial charge in [0.15, 0.2) is 5.78 Å². The van der Waals surface area contributed by atoms with Crippen LogP contribution in [-0.4, -0.2) is 41.4 Å². The van der Waals surface area contributed by atoms with Crippen LogP contribution in [0.5, 0.6) is 0 Å². The Balaban J connectivity index is 1.34. The van der Waals surface area contributed by atoms with E-state index in [4.69, 9.17) is 9.47 Å². The lowest BCUT2D eigenvalue weighted by Gasteiger charge is -2.61. The predicted molar refractivity (Wildman–Crippen MR) is 163 cm³/mol. The molecule has 0 aromatic carbocycles. The number of nitrogens with one attached hydrogen (secondary N) is 1. The van der Waals surface area contributed by atoms with E-state index in [1.165, 1.54) is 25.7 Å². The number of Topliss-reactive ketones (excluding diaryl/α,β-unsaturated/α-hetero) is 2. The van der Waals surface area contributed by atoms with Crippen LogP contribution in [0.25, 0.3) is 0 Å². The summed E-state index contributed by atoms with van der Waals surface area (Å²) in [5.41, 5.74) is -0.219. The molecule has 0 bridgehead atoms. The van der Waals surface area contributed by atoms with Crippen molar-refractivity contribution in [2.75, 3.05) is 0 Å². The number of carbonyl (C=O) groups excluding carboxylic acids is 4. The van der Waals surface area contributed by atoms with Gasteiger partial charge in [-0.15, -0.1) is 0 Å². The van der Waals surface area contributed by atoms with Crippen molar-refractivity contribution in [2.45, 2.75) is 144 Å². The Kier molecular flexibility index (Phi) is 9.60. The highest BCUT2D eigenvalue weighted by atomic mass is 16.6. The van der Waals surface area contributed by atoms with Crippen LogP contribution in [-0.2, 0) is 23.9 Å². The van der Waals surface area contributed by atoms with Gasteiger partial charge in [0.2, 0.25) is 0 Å². The van der Waals surface area contributed by atoms with Gasteiger partial charge in [-0.05, 0) is 133 Å². The van der Waals surface area contributed by atoms with E-state index in [-0.39, 0.29) is 46.9 Å². The summed E-state index contributed by atoms with van der Waals surface area (Å²) >= 11 is 0. The van der Waals surface area contributed by atoms with Crippen molar-refractivity contribution in [2.24, 2.45) is 52.3 Å². The molecule has 0 saturated heterocycles. The summed E-state index contributed by atoms with van der Waals surface area (Å²) in [6.45, 7) is 17.5. The summed E-state index contributed by atoms with van der Waals surface area (Å²) < 4.78 is 11.4. The van der Waals surface area contributed by atoms with Crippen molar-refractivity contribution in [3.8, 4) is 0 Å². The highest BCUT2D eigenvalue weighted by molar-refractivity contribution is 5.90. The Morgan fingerprint density at radius 1 is 0.881 bits per heavy atom. The van der Waals surface area contributed by atoms with E-state index in [9.17, 15) is 19.2 Å². The molecule has 1 N–H and O–H groups in total. The zero-order valence-corrected chi connectivity index (χ0v) is 27.7. The monoisotopic (exact) mass is 587 g/mol. The molecule has 0 aliphatic heterocycles. The quantitative estimate of drug-likeness (QED) is 0.299. The van der Waals surface area contributed by atoms with E-state index in [2.05, 4.69) is 19.2 Å². The number of hydrogen-bond acceptors (Lipinski definition) is 6. The van der Waals surface area contributed by atoms with Crippen molar-refractivity contribution >= 4 is 23.6 Å². The Bertz CT molecular complexity index is 1050. The normalized spacial score (nSPS) is 37.5. The van der Waals surface area contributed by atoms with Crippen LogP contribution in [0.3, 0.4) is 0 Å². The fourth-order valence-corrected chi connectivity index (χ4v) is 9.79. The highest BCUT2D eigenvalue weighted by Crippen LogP contribution is 2.67. The summed E-state index contributed by atoms with van der Waals surface area (Å²) in [5.74, 6) is 2.13. The van der Waals surface area contributed by atoms with Crippen molar-refractivity contribution < 1.29 is 28.7 Å². The molecule has 0 aromatic rings. The molecule has 10 atom stereocenters. The zero-order chi connectivity index (χ0) is 31.2. The maximum atomic E-state index is 13.4. The average molecular weight is 588 g/mol. The van der Waals surface area contributed by atoms with Crippen LogP contribution in [0.15, 0.2) is 0 Å². The molecule has 7 nitrogen and oxygen atoms in total. The number of ketones is 2. The van der Waals surface area contributed by atoms with Crippen molar-refractivity contribution in [1.29, 1.82) is 0 Å². The molecule has 0 aromatic heterocycles. The summed E-state index contributed by atoms with van der Waals surface area (Å²) in [7, 11) is 0. The fraction of sp³-hybridized carbons (Fsp3) is 0.886. The first-order valence-electron chi connectivity index (χ1n) is 16.7. The Labute approximate surface area is 254 Å². The number of hydrogen-bond donors (Lipinski definition) is 1. The lowest BCUT2D eigenvalue weighted by atomic mass is 9.44. The van der Waals surface area contributed by atoms with Gasteiger partial charge in [0.25, 0.3) is 0 Å². The van der Waals surface area contributed by atoms with Gasteiger partial charge in [0, 0.05) is 12.3 Å². The van der Waals surface area contributed by atoms with Crippen LogP contribution in [0.2, 0.25) is 0 Å². The van der Waals surface area contributed by atoms with Gasteiger partial charge in [-0.1, -0.05) is 27.7 Å². The van der Waals surface area contributed by atoms with E-state index in [1.54, 1.807) is 34.6 Å². The van der Waals surface area contributed by atoms with Crippen LogP contribution < -0.4 is 5.32 Å². The first-order chi connectivity index (χ1) is 19.5. The minimum absolute atomic E-state index is 0.0342. The molecule has 0 spiro atoms. The lowest BCUT2D eigenvalue weighted by molar-refractivity contribution is -0.169. The molecular weight excluding hydrogens is 530 g/mol. The summed E-state index contributed by atoms with van der Waals surface area (Å²) in [5, 5.41) is 2.60. The van der Waals surface area contributed by atoms with Crippen molar-refractivity contribution in [3.05, 3.63) is 0 Å². The second kappa shape index (κ2) is 12.2. The Hall–Kier alpha value is -1.92. The standard InChI is InChI=1S/C35H57NO6/c1-20(2)26(19-30(38)21(3)36-32(40)42-33(5,6)7)31(39)41-24-14-16-34(8)23(18-24)10-11-25-28-13-12-27(22(4)37)35(28,9)17-15-29(25)34/h20-21,23-29H,10-19H2,1-9H3,(H,36,40)/t21?,23-,24+,25-,26-,27+,28-,29-,34-,35+/m0/s1. The number of ether oxygens (including phenoxy) is 2. The fourth-order valence-electron chi connectivity index (χ4n) is 9.79. The van der Waals surface area contributed by atoms with Gasteiger partial charge in [0.1, 0.15) is 17.5 Å². The van der Waals surface area contributed by atoms with Crippen molar-refractivity contribution in [3.63, 3.8) is 0 Å². The van der Waals surface area contributed by atoms with Gasteiger partial charge in [-0.25, -0.2) is 4.79 Å². The largest absolute Gasteiger partial charge is 0.462 e. The van der Waals surface area contributed by atoms with E-state index in [0.29, 0.717) is 29.5 Å². The molecule has 1 amide bonds. The maximum absolute atomic E-state index is 13.4. The maximum Gasteiger partial charge on any atom is 0.408 e. The summed E-state index contributed by atoms with van der Waals surface area (Å²) in [6.07, 6.45) is 9.16. The molecule has 7 heteroatoms. The minimum Gasteiger partial charge on any atom is -0.462 e. The third-order valence-electron chi connectivity index (χ3n) is 12.1. The lowest BCUT2D eigenvalue weighted by Crippen LogP contribution is -2.54. The zero-order valence-electron chi connectivity index (χ0n) is 27.7. The molecular formula is C35H57NO6. The number of rotatable bonds is 8. The van der Waals surface area contributed by atoms with Gasteiger partial charge >= 0.3 is 12.1 Å². The van der Waals surface area contributed by atoms with E-state index < -0.39 is 23.7 Å². The SMILES string of the molecule is CC(=O)[C@H]1CC[C@H]2[C@@H]3CC[C@H]4C[C@H](OC(=O)[C@@H](CC(=O)C(C)NC(=O)OC(C)(C)C)C(C)C)CC[C@]4(C)[C@H]3CC[C@]12C. The molecule has 238 valence electrons. The molecule has 0 radical (unpaired) electrons. The summed E-state index contributed by atoms with van der Waals surface area (Å²) in [6, 6.07) is -0.748. The first kappa shape index (κ1) is 33.0. The third-order valence-corrected chi connectivity index (χ3v) is 12.1. The summed E-state index contributed by atoms with van der Waals surface area (Å²) in [4.78, 5) is 51.0. The Morgan fingerprint density at radius 3 is 2.14 bits per heavy atom. The third kappa shape index (κ3) is 6.60. The average Bonchev–Trinajstić information content (AvgIpc) is 3.23. The molecule has 4 fully saturated rings. The second-order valence-corrected chi connectivity index (χ2v) is 16.2. The minimum atomic E-state index is -0.748. The number of carbonyl (C=O) groups is 4. The van der Waals surface area contributed by atoms with Gasteiger partial charge in [0.05, 0.1) is 12.0 Å². The molecule has 42 heavy (non-hydrogen) atoms. The number of fused-ring (bicyclic) bond motifs is 5. The van der Waals surface area contributed by atoms with Crippen LogP contribution in [0.4, 0.5) is 4.79 Å². The molecule has 4 saturated carbocycles. The number of amides is 1. The van der Waals surface area contributed by atoms with E-state index in [0.717, 1.165) is 32.1 Å². The van der Waals surface area contributed by atoms with Gasteiger partial charge < -0.3 is 14.8 Å². The molecule has 4 aliphatic carbocycles. The van der Waals surface area contributed by atoms with E-state index in [1.807, 2.05) is 13.8 Å². The topological polar surface area (TPSA) is 98.8 Å². The van der Waals surface area contributed by atoms with Gasteiger partial charge in [-0.2, -0.15) is 0 Å².